The van der Waals surface area contributed by atoms with Crippen LogP contribution in [0.25, 0.3) is 11.0 Å². The fraction of sp³-hybridized carbons (Fsp3) is 0.500. The normalized spacial score (nSPS) is 18.3. The Bertz CT molecular complexity index is 757. The van der Waals surface area contributed by atoms with Crippen LogP contribution < -0.4 is 0 Å². The molecule has 2 heterocycles. The van der Waals surface area contributed by atoms with Crippen LogP contribution in [0.5, 0.6) is 0 Å². The standard InChI is InChI=1S/C18H25N5O3/c1-21-8-9-23(17(24)12-26-3)15(10-21)18(25)22(2)11-16-19-13-6-4-5-7-14(13)20-16/h4-7,15H,8-12H2,1-3H3,(H,19,20)/t15-/m0/s1. The number of piperazine rings is 1. The fourth-order valence-corrected chi connectivity index (χ4v) is 3.27. The van der Waals surface area contributed by atoms with Gasteiger partial charge in [0.1, 0.15) is 18.5 Å². The lowest BCUT2D eigenvalue weighted by Gasteiger charge is -2.40. The van der Waals surface area contributed by atoms with Crippen LogP contribution in [-0.4, -0.2) is 90.0 Å². The molecule has 0 spiro atoms. The summed E-state index contributed by atoms with van der Waals surface area (Å²) in [5.41, 5.74) is 1.82. The van der Waals surface area contributed by atoms with Crippen molar-refractivity contribution in [1.29, 1.82) is 0 Å². The average molecular weight is 359 g/mol. The number of ether oxygens (including phenoxy) is 1. The summed E-state index contributed by atoms with van der Waals surface area (Å²) in [5.74, 6) is 0.471. The van der Waals surface area contributed by atoms with Gasteiger partial charge in [-0.15, -0.1) is 0 Å². The second-order valence-electron chi connectivity index (χ2n) is 6.69. The Morgan fingerprint density at radius 2 is 2.12 bits per heavy atom. The first-order valence-corrected chi connectivity index (χ1v) is 8.65. The van der Waals surface area contributed by atoms with Crippen LogP contribution in [0.1, 0.15) is 5.82 Å². The van der Waals surface area contributed by atoms with Crippen molar-refractivity contribution in [3.8, 4) is 0 Å². The molecule has 1 N–H and O–H groups in total. The van der Waals surface area contributed by atoms with Crippen molar-refractivity contribution in [3.63, 3.8) is 0 Å². The van der Waals surface area contributed by atoms with E-state index in [0.29, 0.717) is 19.6 Å². The molecule has 1 fully saturated rings. The summed E-state index contributed by atoms with van der Waals surface area (Å²) in [7, 11) is 5.18. The molecule has 3 rings (SSSR count). The largest absolute Gasteiger partial charge is 0.375 e. The molecule has 8 nitrogen and oxygen atoms in total. The van der Waals surface area contributed by atoms with Gasteiger partial charge in [0.2, 0.25) is 11.8 Å². The molecular formula is C18H25N5O3. The highest BCUT2D eigenvalue weighted by Crippen LogP contribution is 2.15. The molecule has 1 saturated heterocycles. The van der Waals surface area contributed by atoms with E-state index in [2.05, 4.69) is 14.9 Å². The summed E-state index contributed by atoms with van der Waals surface area (Å²) in [6.45, 7) is 2.12. The Morgan fingerprint density at radius 1 is 1.35 bits per heavy atom. The molecule has 2 aromatic rings. The number of fused-ring (bicyclic) bond motifs is 1. The summed E-state index contributed by atoms with van der Waals surface area (Å²) in [5, 5.41) is 0. The van der Waals surface area contributed by atoms with E-state index in [9.17, 15) is 9.59 Å². The number of para-hydroxylation sites is 2. The molecule has 0 saturated carbocycles. The number of hydrogen-bond donors (Lipinski definition) is 1. The summed E-state index contributed by atoms with van der Waals surface area (Å²) in [6.07, 6.45) is 0. The molecule has 0 radical (unpaired) electrons. The van der Waals surface area contributed by atoms with E-state index in [-0.39, 0.29) is 18.4 Å². The van der Waals surface area contributed by atoms with Gasteiger partial charge >= 0.3 is 0 Å². The number of aromatic amines is 1. The molecule has 1 atom stereocenters. The first kappa shape index (κ1) is 18.3. The number of imidazole rings is 1. The van der Waals surface area contributed by atoms with Gasteiger partial charge in [0.05, 0.1) is 17.6 Å². The second kappa shape index (κ2) is 7.84. The Kier molecular flexibility index (Phi) is 5.53. The Labute approximate surface area is 152 Å². The van der Waals surface area contributed by atoms with Gasteiger partial charge in [-0.2, -0.15) is 0 Å². The van der Waals surface area contributed by atoms with Gasteiger partial charge in [0.15, 0.2) is 0 Å². The number of H-pyrrole nitrogens is 1. The van der Waals surface area contributed by atoms with Crippen molar-refractivity contribution in [2.24, 2.45) is 0 Å². The number of nitrogens with zero attached hydrogens (tertiary/aromatic N) is 4. The number of rotatable bonds is 5. The van der Waals surface area contributed by atoms with Crippen LogP contribution in [0.15, 0.2) is 24.3 Å². The predicted molar refractivity (Wildman–Crippen MR) is 97.4 cm³/mol. The zero-order chi connectivity index (χ0) is 18.7. The van der Waals surface area contributed by atoms with Crippen molar-refractivity contribution in [2.75, 3.05) is 47.4 Å². The third kappa shape index (κ3) is 3.86. The van der Waals surface area contributed by atoms with Crippen LogP contribution in [-0.2, 0) is 20.9 Å². The molecule has 0 aliphatic carbocycles. The number of carbonyl (C=O) groups excluding carboxylic acids is 2. The van der Waals surface area contributed by atoms with Gasteiger partial charge in [-0.3, -0.25) is 9.59 Å². The first-order chi connectivity index (χ1) is 12.5. The molecule has 2 amide bonds. The van der Waals surface area contributed by atoms with Crippen molar-refractivity contribution in [2.45, 2.75) is 12.6 Å². The molecule has 0 bridgehead atoms. The number of aromatic nitrogens is 2. The van der Waals surface area contributed by atoms with Gasteiger partial charge in [-0.25, -0.2) is 4.98 Å². The Hall–Kier alpha value is -2.45. The zero-order valence-electron chi connectivity index (χ0n) is 15.4. The fourth-order valence-electron chi connectivity index (χ4n) is 3.27. The molecule has 1 aromatic heterocycles. The molecule has 26 heavy (non-hydrogen) atoms. The third-order valence-electron chi connectivity index (χ3n) is 4.66. The van der Waals surface area contributed by atoms with E-state index in [1.54, 1.807) is 16.8 Å². The highest BCUT2D eigenvalue weighted by molar-refractivity contribution is 5.88. The minimum Gasteiger partial charge on any atom is -0.375 e. The molecule has 0 unspecified atom stereocenters. The number of hydrogen-bond acceptors (Lipinski definition) is 5. The number of methoxy groups -OCH3 is 1. The zero-order valence-corrected chi connectivity index (χ0v) is 15.4. The lowest BCUT2D eigenvalue weighted by molar-refractivity contribution is -0.150. The topological polar surface area (TPSA) is 81.8 Å². The van der Waals surface area contributed by atoms with Crippen molar-refractivity contribution in [1.82, 2.24) is 24.7 Å². The van der Waals surface area contributed by atoms with E-state index >= 15 is 0 Å². The van der Waals surface area contributed by atoms with Crippen LogP contribution in [0.2, 0.25) is 0 Å². The van der Waals surface area contributed by atoms with Gasteiger partial charge < -0.3 is 24.4 Å². The number of benzene rings is 1. The van der Waals surface area contributed by atoms with Gasteiger partial charge in [-0.05, 0) is 19.2 Å². The third-order valence-corrected chi connectivity index (χ3v) is 4.66. The van der Waals surface area contributed by atoms with Crippen molar-refractivity contribution in [3.05, 3.63) is 30.1 Å². The average Bonchev–Trinajstić information content (AvgIpc) is 3.03. The SMILES string of the molecule is COCC(=O)N1CCN(C)C[C@H]1C(=O)N(C)Cc1nc2ccccc2[nH]1. The minimum absolute atomic E-state index is 0.0131. The maximum Gasteiger partial charge on any atom is 0.249 e. The summed E-state index contributed by atoms with van der Waals surface area (Å²) in [6, 6.07) is 7.24. The monoisotopic (exact) mass is 359 g/mol. The summed E-state index contributed by atoms with van der Waals surface area (Å²) >= 11 is 0. The molecule has 1 aliphatic rings. The number of likely N-dealkylation sites (N-methyl/N-ethyl adjacent to an activating group) is 2. The van der Waals surface area contributed by atoms with Crippen LogP contribution in [0, 0.1) is 0 Å². The highest BCUT2D eigenvalue weighted by Gasteiger charge is 2.35. The Morgan fingerprint density at radius 3 is 2.85 bits per heavy atom. The van der Waals surface area contributed by atoms with Crippen molar-refractivity contribution >= 4 is 22.8 Å². The smallest absolute Gasteiger partial charge is 0.249 e. The maximum atomic E-state index is 13.0. The molecule has 1 aliphatic heterocycles. The van der Waals surface area contributed by atoms with Gasteiger partial charge in [0.25, 0.3) is 0 Å². The molecule has 1 aromatic carbocycles. The lowest BCUT2D eigenvalue weighted by atomic mass is 10.1. The van der Waals surface area contributed by atoms with Crippen molar-refractivity contribution < 1.29 is 14.3 Å². The Balaban J connectivity index is 1.73. The molecule has 140 valence electrons. The number of carbonyl (C=O) groups is 2. The molecule has 8 heteroatoms. The number of nitrogens with one attached hydrogen (secondary N) is 1. The van der Waals surface area contributed by atoms with Crippen LogP contribution in [0.4, 0.5) is 0 Å². The highest BCUT2D eigenvalue weighted by atomic mass is 16.5. The van der Waals surface area contributed by atoms with E-state index in [4.69, 9.17) is 4.74 Å². The van der Waals surface area contributed by atoms with Gasteiger partial charge in [-0.1, -0.05) is 12.1 Å². The van der Waals surface area contributed by atoms with E-state index < -0.39 is 6.04 Å². The van der Waals surface area contributed by atoms with Crippen LogP contribution in [0.3, 0.4) is 0 Å². The minimum atomic E-state index is -0.509. The van der Waals surface area contributed by atoms with Crippen LogP contribution >= 0.6 is 0 Å². The first-order valence-electron chi connectivity index (χ1n) is 8.65. The van der Waals surface area contributed by atoms with Gasteiger partial charge in [0, 0.05) is 33.8 Å². The summed E-state index contributed by atoms with van der Waals surface area (Å²) < 4.78 is 4.96. The maximum absolute atomic E-state index is 13.0. The van der Waals surface area contributed by atoms with E-state index in [1.807, 2.05) is 31.3 Å². The summed E-state index contributed by atoms with van der Waals surface area (Å²) in [4.78, 5) is 38.4. The van der Waals surface area contributed by atoms with E-state index in [1.165, 1.54) is 7.11 Å². The second-order valence-corrected chi connectivity index (χ2v) is 6.69. The van der Waals surface area contributed by atoms with E-state index in [0.717, 1.165) is 23.4 Å². The lowest BCUT2D eigenvalue weighted by Crippen LogP contribution is -2.60. The number of amides is 2. The predicted octanol–water partition coefficient (Wildman–Crippen LogP) is 0.310. The molecular weight excluding hydrogens is 334 g/mol. The quantitative estimate of drug-likeness (QED) is 0.831.